The predicted molar refractivity (Wildman–Crippen MR) is 68.8 cm³/mol. The molecule has 1 aromatic rings. The van der Waals surface area contributed by atoms with E-state index in [1.807, 2.05) is 19.9 Å². The van der Waals surface area contributed by atoms with E-state index in [0.29, 0.717) is 18.4 Å². The van der Waals surface area contributed by atoms with Crippen LogP contribution in [-0.2, 0) is 4.79 Å². The Labute approximate surface area is 111 Å². The second-order valence-electron chi connectivity index (χ2n) is 4.14. The van der Waals surface area contributed by atoms with Crippen LogP contribution in [0.4, 0.5) is 4.39 Å². The molecular formula is C14H15ClFNO. The normalized spacial score (nSPS) is 12.2. The molecule has 0 aliphatic heterocycles. The topological polar surface area (TPSA) is 40.9 Å². The first kappa shape index (κ1) is 14.7. The Kier molecular flexibility index (Phi) is 5.30. The van der Waals surface area contributed by atoms with Crippen molar-refractivity contribution in [1.82, 2.24) is 0 Å². The highest BCUT2D eigenvalue weighted by Crippen LogP contribution is 2.29. The van der Waals surface area contributed by atoms with Crippen molar-refractivity contribution in [3.05, 3.63) is 34.6 Å². The summed E-state index contributed by atoms with van der Waals surface area (Å²) in [4.78, 5) is 12.2. The number of hydrogen-bond acceptors (Lipinski definition) is 2. The smallest absolute Gasteiger partial charge is 0.157 e. The number of halogens is 2. The van der Waals surface area contributed by atoms with Gasteiger partial charge < -0.3 is 0 Å². The fourth-order valence-corrected chi connectivity index (χ4v) is 2.23. The second kappa shape index (κ2) is 6.51. The van der Waals surface area contributed by atoms with Gasteiger partial charge in [0.25, 0.3) is 0 Å². The molecule has 0 amide bonds. The molecular weight excluding hydrogens is 253 g/mol. The van der Waals surface area contributed by atoms with Crippen molar-refractivity contribution >= 4 is 17.4 Å². The maximum Gasteiger partial charge on any atom is 0.157 e. The Morgan fingerprint density at radius 2 is 2.06 bits per heavy atom. The number of rotatable bonds is 5. The molecule has 0 saturated carbocycles. The molecule has 0 aromatic heterocycles. The van der Waals surface area contributed by atoms with Gasteiger partial charge in [0.2, 0.25) is 0 Å². The molecule has 1 aromatic carbocycles. The molecule has 0 fully saturated rings. The first-order valence-electron chi connectivity index (χ1n) is 5.93. The van der Waals surface area contributed by atoms with Gasteiger partial charge in [-0.1, -0.05) is 31.5 Å². The summed E-state index contributed by atoms with van der Waals surface area (Å²) in [6, 6.07) is 5.72. The SMILES string of the molecule is CCC(CC)C(=O)C(C#N)c1ccc(F)cc1Cl. The largest absolute Gasteiger partial charge is 0.298 e. The lowest BCUT2D eigenvalue weighted by atomic mass is 9.85. The summed E-state index contributed by atoms with van der Waals surface area (Å²) in [5.41, 5.74) is 0.387. The maximum atomic E-state index is 13.0. The summed E-state index contributed by atoms with van der Waals surface area (Å²) < 4.78 is 13.0. The van der Waals surface area contributed by atoms with Crippen molar-refractivity contribution < 1.29 is 9.18 Å². The standard InChI is InChI=1S/C14H15ClFNO/c1-3-9(4-2)14(18)12(8-17)11-6-5-10(16)7-13(11)15/h5-7,9,12H,3-4H2,1-2H3. The summed E-state index contributed by atoms with van der Waals surface area (Å²) in [5, 5.41) is 9.29. The van der Waals surface area contributed by atoms with Crippen molar-refractivity contribution in [2.45, 2.75) is 32.6 Å². The summed E-state index contributed by atoms with van der Waals surface area (Å²) in [5.74, 6) is -1.69. The molecule has 0 heterocycles. The van der Waals surface area contributed by atoms with Crippen LogP contribution in [-0.4, -0.2) is 5.78 Å². The van der Waals surface area contributed by atoms with Crippen LogP contribution in [0.5, 0.6) is 0 Å². The minimum absolute atomic E-state index is 0.126. The van der Waals surface area contributed by atoms with E-state index in [9.17, 15) is 9.18 Å². The number of benzene rings is 1. The van der Waals surface area contributed by atoms with Gasteiger partial charge in [-0.25, -0.2) is 4.39 Å². The molecule has 0 spiro atoms. The highest BCUT2D eigenvalue weighted by Gasteiger charge is 2.27. The van der Waals surface area contributed by atoms with Crippen LogP contribution in [0.2, 0.25) is 5.02 Å². The van der Waals surface area contributed by atoms with Crippen molar-refractivity contribution in [2.75, 3.05) is 0 Å². The third kappa shape index (κ3) is 3.08. The van der Waals surface area contributed by atoms with E-state index in [0.717, 1.165) is 6.07 Å². The molecule has 0 N–H and O–H groups in total. The fraction of sp³-hybridized carbons (Fsp3) is 0.429. The van der Waals surface area contributed by atoms with Crippen LogP contribution < -0.4 is 0 Å². The van der Waals surface area contributed by atoms with Gasteiger partial charge in [-0.3, -0.25) is 4.79 Å². The van der Waals surface area contributed by atoms with Crippen LogP contribution in [0.15, 0.2) is 18.2 Å². The monoisotopic (exact) mass is 267 g/mol. The Hall–Kier alpha value is -1.40. The zero-order valence-electron chi connectivity index (χ0n) is 10.4. The highest BCUT2D eigenvalue weighted by atomic mass is 35.5. The first-order chi connectivity index (χ1) is 8.54. The molecule has 0 radical (unpaired) electrons. The van der Waals surface area contributed by atoms with Crippen LogP contribution >= 0.6 is 11.6 Å². The average molecular weight is 268 g/mol. The Morgan fingerprint density at radius 3 is 2.50 bits per heavy atom. The molecule has 0 aliphatic rings. The number of carbonyl (C=O) groups excluding carboxylic acids is 1. The zero-order chi connectivity index (χ0) is 13.7. The number of nitriles is 1. The summed E-state index contributed by atoms with van der Waals surface area (Å²) in [7, 11) is 0. The Balaban J connectivity index is 3.11. The van der Waals surface area contributed by atoms with E-state index in [1.165, 1.54) is 12.1 Å². The molecule has 0 saturated heterocycles. The summed E-state index contributed by atoms with van der Waals surface area (Å²) in [6.45, 7) is 3.82. The molecule has 1 rings (SSSR count). The van der Waals surface area contributed by atoms with Gasteiger partial charge in [0.1, 0.15) is 11.7 Å². The van der Waals surface area contributed by atoms with Gasteiger partial charge in [0.15, 0.2) is 5.78 Å². The molecule has 96 valence electrons. The number of Topliss-reactive ketones (excluding diaryl/α,β-unsaturated/α-hetero) is 1. The number of carbonyl (C=O) groups is 1. The van der Waals surface area contributed by atoms with E-state index in [2.05, 4.69) is 0 Å². The van der Waals surface area contributed by atoms with E-state index >= 15 is 0 Å². The van der Waals surface area contributed by atoms with Crippen LogP contribution in [0, 0.1) is 23.1 Å². The van der Waals surface area contributed by atoms with Gasteiger partial charge in [-0.05, 0) is 30.5 Å². The quantitative estimate of drug-likeness (QED) is 0.806. The van der Waals surface area contributed by atoms with Gasteiger partial charge in [0, 0.05) is 10.9 Å². The van der Waals surface area contributed by atoms with Crippen molar-refractivity contribution in [3.8, 4) is 6.07 Å². The summed E-state index contributed by atoms with van der Waals surface area (Å²) in [6.07, 6.45) is 1.37. The van der Waals surface area contributed by atoms with Crippen LogP contribution in [0.1, 0.15) is 38.2 Å². The Morgan fingerprint density at radius 1 is 1.44 bits per heavy atom. The minimum Gasteiger partial charge on any atom is -0.298 e. The highest BCUT2D eigenvalue weighted by molar-refractivity contribution is 6.31. The van der Waals surface area contributed by atoms with E-state index < -0.39 is 11.7 Å². The van der Waals surface area contributed by atoms with Crippen molar-refractivity contribution in [2.24, 2.45) is 5.92 Å². The number of nitrogens with zero attached hydrogens (tertiary/aromatic N) is 1. The van der Waals surface area contributed by atoms with Crippen LogP contribution in [0.25, 0.3) is 0 Å². The number of hydrogen-bond donors (Lipinski definition) is 0. The van der Waals surface area contributed by atoms with Crippen molar-refractivity contribution in [1.29, 1.82) is 5.26 Å². The zero-order valence-corrected chi connectivity index (χ0v) is 11.2. The lowest BCUT2D eigenvalue weighted by molar-refractivity contribution is -0.123. The first-order valence-corrected chi connectivity index (χ1v) is 6.31. The molecule has 4 heteroatoms. The lowest BCUT2D eigenvalue weighted by Crippen LogP contribution is -2.20. The molecule has 1 atom stereocenters. The fourth-order valence-electron chi connectivity index (χ4n) is 1.95. The van der Waals surface area contributed by atoms with Gasteiger partial charge in [-0.2, -0.15) is 5.26 Å². The lowest BCUT2D eigenvalue weighted by Gasteiger charge is -2.16. The predicted octanol–water partition coefficient (Wildman–Crippen LogP) is 4.09. The average Bonchev–Trinajstić information content (AvgIpc) is 2.34. The van der Waals surface area contributed by atoms with Gasteiger partial charge in [0.05, 0.1) is 6.07 Å². The minimum atomic E-state index is -0.914. The van der Waals surface area contributed by atoms with Crippen molar-refractivity contribution in [3.63, 3.8) is 0 Å². The van der Waals surface area contributed by atoms with E-state index in [-0.39, 0.29) is 16.7 Å². The molecule has 2 nitrogen and oxygen atoms in total. The molecule has 0 aliphatic carbocycles. The molecule has 0 bridgehead atoms. The summed E-state index contributed by atoms with van der Waals surface area (Å²) >= 11 is 5.89. The molecule has 1 unspecified atom stereocenters. The Bertz CT molecular complexity index is 477. The van der Waals surface area contributed by atoms with Gasteiger partial charge >= 0.3 is 0 Å². The van der Waals surface area contributed by atoms with Crippen LogP contribution in [0.3, 0.4) is 0 Å². The third-order valence-corrected chi connectivity index (χ3v) is 3.40. The number of ketones is 1. The molecule has 18 heavy (non-hydrogen) atoms. The third-order valence-electron chi connectivity index (χ3n) is 3.08. The second-order valence-corrected chi connectivity index (χ2v) is 4.55. The van der Waals surface area contributed by atoms with E-state index in [4.69, 9.17) is 16.9 Å². The van der Waals surface area contributed by atoms with Gasteiger partial charge in [-0.15, -0.1) is 0 Å². The van der Waals surface area contributed by atoms with E-state index in [1.54, 1.807) is 0 Å². The maximum absolute atomic E-state index is 13.0.